The van der Waals surface area contributed by atoms with Gasteiger partial charge in [0, 0.05) is 6.42 Å². The SMILES string of the molecule is CC1=NOC(C[C@H]2C(=O)N[C@@H]2SC(c2ccccc2)(c2ccccc2)c2ccccc2)C1O. The standard InChI is InChI=1S/C27H26N2O3S/c1-18-24(30)23(32-29-18)17-22-25(31)28-26(22)33-27(19-11-5-2-6-12-19,20-13-7-3-8-14-20)21-15-9-4-10-16-21/h2-16,22-24,26,30H,17H2,1H3,(H,28,31)/t22-,23?,24?,26+/m0/s1. The molecule has 0 aromatic heterocycles. The number of thioether (sulfide) groups is 1. The van der Waals surface area contributed by atoms with Crippen LogP contribution in [0.25, 0.3) is 0 Å². The van der Waals surface area contributed by atoms with Crippen molar-refractivity contribution in [3.05, 3.63) is 108 Å². The van der Waals surface area contributed by atoms with E-state index in [1.54, 1.807) is 18.7 Å². The predicted octanol–water partition coefficient (Wildman–Crippen LogP) is 4.31. The second kappa shape index (κ2) is 9.04. The van der Waals surface area contributed by atoms with Gasteiger partial charge < -0.3 is 15.3 Å². The van der Waals surface area contributed by atoms with Crippen molar-refractivity contribution in [1.82, 2.24) is 5.32 Å². The van der Waals surface area contributed by atoms with Crippen molar-refractivity contribution in [2.45, 2.75) is 35.7 Å². The van der Waals surface area contributed by atoms with Gasteiger partial charge in [-0.2, -0.15) is 0 Å². The third kappa shape index (κ3) is 3.94. The number of β-lactam (4-membered cyclic amide) rings is 1. The van der Waals surface area contributed by atoms with Crippen molar-refractivity contribution in [3.8, 4) is 0 Å². The van der Waals surface area contributed by atoms with Crippen LogP contribution in [0.4, 0.5) is 0 Å². The second-order valence-electron chi connectivity index (χ2n) is 8.49. The number of carbonyl (C=O) groups is 1. The van der Waals surface area contributed by atoms with E-state index in [2.05, 4.69) is 83.3 Å². The lowest BCUT2D eigenvalue weighted by atomic mass is 9.84. The zero-order valence-electron chi connectivity index (χ0n) is 18.3. The van der Waals surface area contributed by atoms with Crippen LogP contribution >= 0.6 is 11.8 Å². The Kier molecular flexibility index (Phi) is 5.96. The summed E-state index contributed by atoms with van der Waals surface area (Å²) >= 11 is 1.73. The zero-order chi connectivity index (χ0) is 22.8. The molecule has 5 rings (SSSR count). The first-order valence-electron chi connectivity index (χ1n) is 11.1. The summed E-state index contributed by atoms with van der Waals surface area (Å²) in [6, 6.07) is 31.2. The van der Waals surface area contributed by atoms with Crippen molar-refractivity contribution in [2.24, 2.45) is 11.1 Å². The summed E-state index contributed by atoms with van der Waals surface area (Å²) in [7, 11) is 0. The van der Waals surface area contributed by atoms with E-state index in [1.165, 1.54) is 0 Å². The molecule has 0 bridgehead atoms. The molecule has 1 saturated heterocycles. The summed E-state index contributed by atoms with van der Waals surface area (Å²) in [5.74, 6) is -0.304. The third-order valence-electron chi connectivity index (χ3n) is 6.43. The molecule has 3 aromatic carbocycles. The summed E-state index contributed by atoms with van der Waals surface area (Å²) in [6.45, 7) is 1.74. The fraction of sp³-hybridized carbons (Fsp3) is 0.259. The van der Waals surface area contributed by atoms with Crippen molar-refractivity contribution in [1.29, 1.82) is 0 Å². The molecule has 5 nitrogen and oxygen atoms in total. The highest BCUT2D eigenvalue weighted by molar-refractivity contribution is 8.01. The molecule has 2 N–H and O–H groups in total. The summed E-state index contributed by atoms with van der Waals surface area (Å²) in [5.41, 5.74) is 3.98. The lowest BCUT2D eigenvalue weighted by Crippen LogP contribution is -2.59. The molecule has 33 heavy (non-hydrogen) atoms. The molecule has 2 unspecified atom stereocenters. The molecule has 2 aliphatic rings. The molecule has 168 valence electrons. The minimum atomic E-state index is -0.772. The number of hydrogen-bond donors (Lipinski definition) is 2. The van der Waals surface area contributed by atoms with E-state index in [9.17, 15) is 9.90 Å². The number of nitrogens with zero attached hydrogens (tertiary/aromatic N) is 1. The average Bonchev–Trinajstić information content (AvgIpc) is 3.19. The smallest absolute Gasteiger partial charge is 0.227 e. The molecule has 2 heterocycles. The molecular weight excluding hydrogens is 432 g/mol. The Balaban J connectivity index is 1.55. The maximum atomic E-state index is 12.6. The van der Waals surface area contributed by atoms with Crippen LogP contribution in [-0.4, -0.2) is 34.3 Å². The summed E-state index contributed by atoms with van der Waals surface area (Å²) in [5, 5.41) is 17.2. The molecule has 0 spiro atoms. The predicted molar refractivity (Wildman–Crippen MR) is 131 cm³/mol. The van der Waals surface area contributed by atoms with Gasteiger partial charge >= 0.3 is 0 Å². The van der Waals surface area contributed by atoms with Crippen LogP contribution in [-0.2, 0) is 14.4 Å². The van der Waals surface area contributed by atoms with E-state index in [4.69, 9.17) is 4.84 Å². The van der Waals surface area contributed by atoms with Gasteiger partial charge in [-0.15, -0.1) is 11.8 Å². The molecule has 6 heteroatoms. The fourth-order valence-corrected chi connectivity index (χ4v) is 6.37. The van der Waals surface area contributed by atoms with Crippen molar-refractivity contribution in [2.75, 3.05) is 0 Å². The van der Waals surface area contributed by atoms with Crippen LogP contribution in [0.2, 0.25) is 0 Å². The van der Waals surface area contributed by atoms with Gasteiger partial charge in [0.05, 0.1) is 21.8 Å². The van der Waals surface area contributed by atoms with Gasteiger partial charge in [0.25, 0.3) is 0 Å². The number of aliphatic hydroxyl groups is 1. The summed E-state index contributed by atoms with van der Waals surface area (Å²) < 4.78 is -0.526. The summed E-state index contributed by atoms with van der Waals surface area (Å²) in [4.78, 5) is 18.0. The Morgan fingerprint density at radius 1 is 0.909 bits per heavy atom. The van der Waals surface area contributed by atoms with Gasteiger partial charge in [-0.3, -0.25) is 4.79 Å². The van der Waals surface area contributed by atoms with Crippen LogP contribution in [0.3, 0.4) is 0 Å². The van der Waals surface area contributed by atoms with Crippen LogP contribution in [0.1, 0.15) is 30.0 Å². The zero-order valence-corrected chi connectivity index (χ0v) is 19.1. The lowest BCUT2D eigenvalue weighted by molar-refractivity contribution is -0.134. The van der Waals surface area contributed by atoms with Crippen LogP contribution in [0.15, 0.2) is 96.2 Å². The number of hydrogen-bond acceptors (Lipinski definition) is 5. The molecular formula is C27H26N2O3S. The first-order chi connectivity index (χ1) is 16.1. The van der Waals surface area contributed by atoms with Gasteiger partial charge in [-0.1, -0.05) is 96.2 Å². The molecule has 3 aromatic rings. The lowest BCUT2D eigenvalue weighted by Gasteiger charge is -2.45. The number of amides is 1. The molecule has 1 amide bonds. The number of aliphatic hydroxyl groups excluding tert-OH is 1. The van der Waals surface area contributed by atoms with Crippen molar-refractivity contribution >= 4 is 23.4 Å². The Hall–Kier alpha value is -3.09. The van der Waals surface area contributed by atoms with Crippen LogP contribution in [0, 0.1) is 5.92 Å². The monoisotopic (exact) mass is 458 g/mol. The first kappa shape index (κ1) is 21.7. The maximum Gasteiger partial charge on any atom is 0.227 e. The van der Waals surface area contributed by atoms with Crippen molar-refractivity contribution < 1.29 is 14.7 Å². The van der Waals surface area contributed by atoms with E-state index in [1.807, 2.05) is 18.2 Å². The van der Waals surface area contributed by atoms with Crippen LogP contribution in [0.5, 0.6) is 0 Å². The van der Waals surface area contributed by atoms with E-state index >= 15 is 0 Å². The van der Waals surface area contributed by atoms with E-state index < -0.39 is 17.0 Å². The normalized spacial score (nSPS) is 24.4. The van der Waals surface area contributed by atoms with Crippen molar-refractivity contribution in [3.63, 3.8) is 0 Å². The minimum absolute atomic E-state index is 0.0176. The third-order valence-corrected chi connectivity index (χ3v) is 8.19. The highest BCUT2D eigenvalue weighted by atomic mass is 32.2. The van der Waals surface area contributed by atoms with E-state index in [0.717, 1.165) is 16.7 Å². The molecule has 1 fully saturated rings. The second-order valence-corrected chi connectivity index (χ2v) is 9.85. The Morgan fingerprint density at radius 3 is 1.79 bits per heavy atom. The Morgan fingerprint density at radius 2 is 1.39 bits per heavy atom. The number of oxime groups is 1. The largest absolute Gasteiger partial charge is 0.389 e. The van der Waals surface area contributed by atoms with E-state index in [-0.39, 0.29) is 17.2 Å². The Bertz CT molecular complexity index is 1040. The fourth-order valence-electron chi connectivity index (χ4n) is 4.60. The quantitative estimate of drug-likeness (QED) is 0.409. The molecule has 2 aliphatic heterocycles. The molecule has 4 atom stereocenters. The number of benzene rings is 3. The number of nitrogens with one attached hydrogen (secondary N) is 1. The highest BCUT2D eigenvalue weighted by Crippen LogP contribution is 2.52. The van der Waals surface area contributed by atoms with Gasteiger partial charge in [-0.05, 0) is 23.6 Å². The molecule has 0 radical (unpaired) electrons. The van der Waals surface area contributed by atoms with Gasteiger partial charge in [0.15, 0.2) is 6.10 Å². The van der Waals surface area contributed by atoms with Gasteiger partial charge in [-0.25, -0.2) is 0 Å². The maximum absolute atomic E-state index is 12.6. The van der Waals surface area contributed by atoms with Gasteiger partial charge in [0.1, 0.15) is 6.10 Å². The average molecular weight is 459 g/mol. The van der Waals surface area contributed by atoms with E-state index in [0.29, 0.717) is 12.1 Å². The number of rotatable bonds is 7. The van der Waals surface area contributed by atoms with Gasteiger partial charge in [0.2, 0.25) is 5.91 Å². The molecule has 0 saturated carbocycles. The Labute approximate surface area is 197 Å². The molecule has 0 aliphatic carbocycles. The highest BCUT2D eigenvalue weighted by Gasteiger charge is 2.49. The number of carbonyl (C=O) groups excluding carboxylic acids is 1. The topological polar surface area (TPSA) is 70.9 Å². The summed E-state index contributed by atoms with van der Waals surface area (Å²) in [6.07, 6.45) is -0.852. The first-order valence-corrected chi connectivity index (χ1v) is 12.0. The van der Waals surface area contributed by atoms with Crippen LogP contribution < -0.4 is 5.32 Å². The minimum Gasteiger partial charge on any atom is -0.389 e.